The number of carbonyl (C=O) groups is 1. The van der Waals surface area contributed by atoms with Gasteiger partial charge in [-0.3, -0.25) is 4.79 Å². The van der Waals surface area contributed by atoms with Crippen molar-refractivity contribution in [3.63, 3.8) is 0 Å². The molecule has 3 heterocycles. The van der Waals surface area contributed by atoms with Gasteiger partial charge in [-0.25, -0.2) is 0 Å². The predicted octanol–water partition coefficient (Wildman–Crippen LogP) is 14.7. The standard InChI is InChI=1S/C83H155NO18/c1-3-5-7-9-11-13-15-17-19-21-22-23-24-25-26-27-28-29-30-31-32-33-34-35-36-37-38-39-40-41-42-43-44-45-47-49-51-53-55-57-59-61-71(89)84-66(67(88)60-58-56-54-52-50-48-46-20-18-16-14-12-10-8-6-4-2)65-97-81-77(95)74(92)79(69(63-86)99-81)102-83-78(96)75(93)80(70(64-87)100-83)101-82-76(94)73(91)72(90)68(62-85)98-82/h15,17,21-22,24-25,66-70,72-83,85-88,90-96H,3-14,16,18-20,23,26-65H2,1-2H3,(H,84,89)/b17-15-,22-21-,25-24-. The van der Waals surface area contributed by atoms with Crippen molar-refractivity contribution < 1.29 is 89.4 Å². The molecule has 12 N–H and O–H groups in total. The minimum Gasteiger partial charge on any atom is -0.394 e. The molecule has 600 valence electrons. The second-order valence-corrected chi connectivity index (χ2v) is 30.3. The summed E-state index contributed by atoms with van der Waals surface area (Å²) in [6.45, 7) is 1.83. The topological polar surface area (TPSA) is 307 Å². The monoisotopic (exact) mass is 1450 g/mol. The van der Waals surface area contributed by atoms with Crippen LogP contribution < -0.4 is 5.32 Å². The molecular formula is C83H155NO18. The van der Waals surface area contributed by atoms with Crippen molar-refractivity contribution in [3.8, 4) is 0 Å². The molecule has 19 nitrogen and oxygen atoms in total. The average Bonchev–Trinajstić information content (AvgIpc) is 0.755. The van der Waals surface area contributed by atoms with Gasteiger partial charge in [0, 0.05) is 6.42 Å². The maximum absolute atomic E-state index is 13.5. The minimum absolute atomic E-state index is 0.236. The number of aliphatic hydroxyl groups excluding tert-OH is 11. The molecule has 0 aliphatic carbocycles. The third kappa shape index (κ3) is 43.3. The van der Waals surface area contributed by atoms with Crippen molar-refractivity contribution in [1.82, 2.24) is 5.32 Å². The first-order valence-electron chi connectivity index (χ1n) is 42.2. The highest BCUT2D eigenvalue weighted by Crippen LogP contribution is 2.33. The number of nitrogens with one attached hydrogen (secondary N) is 1. The smallest absolute Gasteiger partial charge is 0.220 e. The van der Waals surface area contributed by atoms with Crippen LogP contribution in [-0.2, 0) is 33.2 Å². The molecule has 3 fully saturated rings. The Balaban J connectivity index is 1.27. The van der Waals surface area contributed by atoms with Crippen LogP contribution in [0.1, 0.15) is 354 Å². The average molecular weight is 1460 g/mol. The third-order valence-electron chi connectivity index (χ3n) is 21.2. The molecule has 19 heteroatoms. The van der Waals surface area contributed by atoms with Gasteiger partial charge in [0.05, 0.1) is 38.6 Å². The Morgan fingerprint density at radius 3 is 1.01 bits per heavy atom. The summed E-state index contributed by atoms with van der Waals surface area (Å²) in [6, 6.07) is -0.885. The van der Waals surface area contributed by atoms with Gasteiger partial charge in [0.1, 0.15) is 73.2 Å². The van der Waals surface area contributed by atoms with E-state index in [-0.39, 0.29) is 18.9 Å². The Hall–Kier alpha value is -1.99. The lowest BCUT2D eigenvalue weighted by Gasteiger charge is -2.48. The van der Waals surface area contributed by atoms with Crippen LogP contribution in [0.15, 0.2) is 36.5 Å². The van der Waals surface area contributed by atoms with Crippen molar-refractivity contribution in [1.29, 1.82) is 0 Å². The Morgan fingerprint density at radius 1 is 0.353 bits per heavy atom. The van der Waals surface area contributed by atoms with E-state index in [9.17, 15) is 61.0 Å². The molecule has 0 saturated carbocycles. The number of allylic oxidation sites excluding steroid dienone is 6. The molecule has 1 amide bonds. The molecule has 0 radical (unpaired) electrons. The summed E-state index contributed by atoms with van der Waals surface area (Å²) in [7, 11) is 0. The van der Waals surface area contributed by atoms with Crippen LogP contribution in [-0.4, -0.2) is 193 Å². The molecule has 0 aromatic carbocycles. The molecule has 3 saturated heterocycles. The second-order valence-electron chi connectivity index (χ2n) is 30.3. The summed E-state index contributed by atoms with van der Waals surface area (Å²) in [5.41, 5.74) is 0. The van der Waals surface area contributed by atoms with Crippen LogP contribution in [0.4, 0.5) is 0 Å². The fraction of sp³-hybridized carbons (Fsp3) is 0.916. The zero-order valence-electron chi connectivity index (χ0n) is 64.4. The number of unbranched alkanes of at least 4 members (excludes halogenated alkanes) is 46. The van der Waals surface area contributed by atoms with Gasteiger partial charge in [-0.15, -0.1) is 0 Å². The van der Waals surface area contributed by atoms with Crippen LogP contribution >= 0.6 is 0 Å². The van der Waals surface area contributed by atoms with Gasteiger partial charge in [-0.1, -0.05) is 333 Å². The molecular weight excluding hydrogens is 1300 g/mol. The van der Waals surface area contributed by atoms with Crippen molar-refractivity contribution in [3.05, 3.63) is 36.5 Å². The van der Waals surface area contributed by atoms with E-state index in [0.29, 0.717) is 12.8 Å². The quantitative estimate of drug-likeness (QED) is 0.0199. The van der Waals surface area contributed by atoms with Crippen LogP contribution in [0, 0.1) is 0 Å². The molecule has 3 aliphatic rings. The Bertz CT molecular complexity index is 1980. The maximum Gasteiger partial charge on any atom is 0.220 e. The first kappa shape index (κ1) is 94.2. The first-order valence-corrected chi connectivity index (χ1v) is 42.2. The summed E-state index contributed by atoms with van der Waals surface area (Å²) in [5.74, 6) is -0.236. The lowest BCUT2D eigenvalue weighted by Crippen LogP contribution is -2.66. The van der Waals surface area contributed by atoms with Crippen LogP contribution in [0.5, 0.6) is 0 Å². The van der Waals surface area contributed by atoms with Crippen molar-refractivity contribution >= 4 is 5.91 Å². The molecule has 0 spiro atoms. The van der Waals surface area contributed by atoms with Crippen LogP contribution in [0.2, 0.25) is 0 Å². The van der Waals surface area contributed by atoms with Crippen molar-refractivity contribution in [2.45, 2.75) is 458 Å². The fourth-order valence-corrected chi connectivity index (χ4v) is 14.4. The summed E-state index contributed by atoms with van der Waals surface area (Å²) in [4.78, 5) is 13.5. The summed E-state index contributed by atoms with van der Waals surface area (Å²) in [6.07, 6.45) is 52.7. The van der Waals surface area contributed by atoms with E-state index in [4.69, 9.17) is 28.4 Å². The highest BCUT2D eigenvalue weighted by atomic mass is 16.8. The van der Waals surface area contributed by atoms with E-state index in [1.54, 1.807) is 0 Å². The number of ether oxygens (including phenoxy) is 6. The molecule has 0 aromatic rings. The van der Waals surface area contributed by atoms with Gasteiger partial charge >= 0.3 is 0 Å². The van der Waals surface area contributed by atoms with E-state index >= 15 is 0 Å². The van der Waals surface area contributed by atoms with Gasteiger partial charge in [-0.2, -0.15) is 0 Å². The number of carbonyl (C=O) groups excluding carboxylic acids is 1. The number of rotatable bonds is 68. The van der Waals surface area contributed by atoms with E-state index in [1.807, 2.05) is 0 Å². The van der Waals surface area contributed by atoms with Gasteiger partial charge in [0.2, 0.25) is 5.91 Å². The number of aliphatic hydroxyl groups is 11. The predicted molar refractivity (Wildman–Crippen MR) is 406 cm³/mol. The largest absolute Gasteiger partial charge is 0.394 e. The van der Waals surface area contributed by atoms with Crippen LogP contribution in [0.3, 0.4) is 0 Å². The summed E-state index contributed by atoms with van der Waals surface area (Å²) >= 11 is 0. The Labute approximate surface area is 619 Å². The highest BCUT2D eigenvalue weighted by molar-refractivity contribution is 5.76. The molecule has 3 rings (SSSR count). The zero-order chi connectivity index (χ0) is 73.9. The van der Waals surface area contributed by atoms with Crippen LogP contribution in [0.25, 0.3) is 0 Å². The van der Waals surface area contributed by atoms with E-state index in [0.717, 1.165) is 57.8 Å². The number of hydrogen-bond acceptors (Lipinski definition) is 18. The Morgan fingerprint density at radius 2 is 0.647 bits per heavy atom. The van der Waals surface area contributed by atoms with Gasteiger partial charge < -0.3 is 89.9 Å². The van der Waals surface area contributed by atoms with Gasteiger partial charge in [0.15, 0.2) is 18.9 Å². The zero-order valence-corrected chi connectivity index (χ0v) is 64.4. The molecule has 17 unspecified atom stereocenters. The molecule has 0 bridgehead atoms. The molecule has 17 atom stereocenters. The molecule has 0 aromatic heterocycles. The Kier molecular flexibility index (Phi) is 59.0. The number of amides is 1. The lowest BCUT2D eigenvalue weighted by molar-refractivity contribution is -0.379. The van der Waals surface area contributed by atoms with Crippen molar-refractivity contribution in [2.75, 3.05) is 26.4 Å². The van der Waals surface area contributed by atoms with Gasteiger partial charge in [-0.05, 0) is 51.4 Å². The van der Waals surface area contributed by atoms with E-state index in [1.165, 1.54) is 263 Å². The second kappa shape index (κ2) is 63.9. The summed E-state index contributed by atoms with van der Waals surface area (Å²) < 4.78 is 34.5. The van der Waals surface area contributed by atoms with Crippen molar-refractivity contribution in [2.24, 2.45) is 0 Å². The molecule has 102 heavy (non-hydrogen) atoms. The van der Waals surface area contributed by atoms with E-state index < -0.39 is 124 Å². The molecule has 3 aliphatic heterocycles. The maximum atomic E-state index is 13.5. The van der Waals surface area contributed by atoms with Gasteiger partial charge in [0.25, 0.3) is 0 Å². The summed E-state index contributed by atoms with van der Waals surface area (Å²) in [5, 5.41) is 121. The first-order chi connectivity index (χ1) is 49.8. The minimum atomic E-state index is -1.97. The number of hydrogen-bond donors (Lipinski definition) is 12. The SMILES string of the molecule is CCCCCCC/C=C\C/C=C\C/C=C\CCCCCCCCCCCCCCCCCCCCCCCCCCCCC(=O)NC(COC1OC(CO)C(OC2OC(CO)C(OC3OC(CO)C(O)C(O)C3O)C(O)C2O)C(O)C1O)C(O)CCCCCCCCCCCCCCCCCC. The normalized spacial score (nSPS) is 26.3. The third-order valence-corrected chi connectivity index (χ3v) is 21.2. The van der Waals surface area contributed by atoms with E-state index in [2.05, 4.69) is 55.6 Å². The highest BCUT2D eigenvalue weighted by Gasteiger charge is 2.54. The lowest BCUT2D eigenvalue weighted by atomic mass is 9.96. The fourth-order valence-electron chi connectivity index (χ4n) is 14.4.